The number of carbonyl (C=O) groups excluding carboxylic acids is 2. The van der Waals surface area contributed by atoms with Crippen LogP contribution in [-0.2, 0) is 19.1 Å². The number of carbonyl (C=O) groups is 2. The molecule has 0 bridgehead atoms. The summed E-state index contributed by atoms with van der Waals surface area (Å²) in [5.74, 6) is -0.310. The minimum atomic E-state index is -0.399. The first kappa shape index (κ1) is 14.3. The molecule has 0 radical (unpaired) electrons. The first-order valence-electron chi connectivity index (χ1n) is 7.19. The lowest BCUT2D eigenvalue weighted by molar-refractivity contribution is -0.157. The van der Waals surface area contributed by atoms with Crippen molar-refractivity contribution in [1.29, 1.82) is 0 Å². The van der Waals surface area contributed by atoms with Crippen molar-refractivity contribution in [2.24, 2.45) is 5.92 Å². The zero-order valence-corrected chi connectivity index (χ0v) is 11.8. The van der Waals surface area contributed by atoms with Crippen LogP contribution in [0.15, 0.2) is 0 Å². The number of piperidine rings is 1. The molecule has 5 nitrogen and oxygen atoms in total. The summed E-state index contributed by atoms with van der Waals surface area (Å²) in [6, 6.07) is -0.399. The molecule has 0 aromatic carbocycles. The first-order chi connectivity index (χ1) is 9.19. The molecule has 3 atom stereocenters. The van der Waals surface area contributed by atoms with E-state index in [1.54, 1.807) is 4.90 Å². The fourth-order valence-corrected chi connectivity index (χ4v) is 3.12. The van der Waals surface area contributed by atoms with Crippen LogP contribution in [0.1, 0.15) is 39.0 Å². The molecule has 0 aliphatic carbocycles. The Morgan fingerprint density at radius 3 is 2.79 bits per heavy atom. The number of ether oxygens (including phenoxy) is 2. The molecule has 2 fully saturated rings. The molecule has 0 N–H and O–H groups in total. The monoisotopic (exact) mass is 269 g/mol. The second-order valence-electron chi connectivity index (χ2n) is 5.28. The maximum atomic E-state index is 12.6. The van der Waals surface area contributed by atoms with Gasteiger partial charge in [0, 0.05) is 13.2 Å². The minimum absolute atomic E-state index is 0.00715. The Morgan fingerprint density at radius 2 is 2.11 bits per heavy atom. The van der Waals surface area contributed by atoms with E-state index in [-0.39, 0.29) is 23.9 Å². The van der Waals surface area contributed by atoms with Gasteiger partial charge in [0.05, 0.1) is 19.1 Å². The molecule has 1 amide bonds. The highest BCUT2D eigenvalue weighted by Crippen LogP contribution is 2.28. The van der Waals surface area contributed by atoms with E-state index in [9.17, 15) is 9.59 Å². The number of methoxy groups -OCH3 is 1. The zero-order valence-electron chi connectivity index (χ0n) is 11.8. The number of hydrogen-bond donors (Lipinski definition) is 0. The number of hydrogen-bond acceptors (Lipinski definition) is 4. The summed E-state index contributed by atoms with van der Waals surface area (Å²) in [7, 11) is 1.38. The van der Waals surface area contributed by atoms with Crippen LogP contribution in [0.2, 0.25) is 0 Å². The highest BCUT2D eigenvalue weighted by molar-refractivity contribution is 5.86. The quantitative estimate of drug-likeness (QED) is 0.726. The third-order valence-electron chi connectivity index (χ3n) is 4.19. The van der Waals surface area contributed by atoms with Gasteiger partial charge in [0.1, 0.15) is 6.04 Å². The number of rotatable bonds is 3. The van der Waals surface area contributed by atoms with Crippen LogP contribution in [0.3, 0.4) is 0 Å². The van der Waals surface area contributed by atoms with Crippen LogP contribution in [0.25, 0.3) is 0 Å². The van der Waals surface area contributed by atoms with Crippen molar-refractivity contribution in [3.63, 3.8) is 0 Å². The second-order valence-corrected chi connectivity index (χ2v) is 5.28. The van der Waals surface area contributed by atoms with Crippen molar-refractivity contribution in [2.45, 2.75) is 51.2 Å². The van der Waals surface area contributed by atoms with E-state index >= 15 is 0 Å². The molecule has 2 heterocycles. The van der Waals surface area contributed by atoms with Crippen molar-refractivity contribution in [2.75, 3.05) is 20.3 Å². The third kappa shape index (κ3) is 2.91. The van der Waals surface area contributed by atoms with E-state index in [0.29, 0.717) is 19.6 Å². The topological polar surface area (TPSA) is 55.8 Å². The Kier molecular flexibility index (Phi) is 4.80. The van der Waals surface area contributed by atoms with Gasteiger partial charge in [-0.3, -0.25) is 4.79 Å². The third-order valence-corrected chi connectivity index (χ3v) is 4.19. The summed E-state index contributed by atoms with van der Waals surface area (Å²) in [5, 5.41) is 0. The van der Waals surface area contributed by atoms with Gasteiger partial charge >= 0.3 is 5.97 Å². The molecule has 0 aromatic heterocycles. The van der Waals surface area contributed by atoms with Crippen molar-refractivity contribution in [1.82, 2.24) is 4.90 Å². The fraction of sp³-hybridized carbons (Fsp3) is 0.857. The molecule has 0 aromatic rings. The van der Waals surface area contributed by atoms with Gasteiger partial charge in [-0.2, -0.15) is 0 Å². The van der Waals surface area contributed by atoms with Crippen molar-refractivity contribution in [3.8, 4) is 0 Å². The zero-order chi connectivity index (χ0) is 13.8. The molecule has 19 heavy (non-hydrogen) atoms. The Morgan fingerprint density at radius 1 is 1.32 bits per heavy atom. The molecule has 3 unspecified atom stereocenters. The summed E-state index contributed by atoms with van der Waals surface area (Å²) in [4.78, 5) is 26.2. The van der Waals surface area contributed by atoms with E-state index in [4.69, 9.17) is 9.47 Å². The average molecular weight is 269 g/mol. The number of likely N-dealkylation sites (tertiary alicyclic amines) is 1. The van der Waals surface area contributed by atoms with Crippen molar-refractivity contribution < 1.29 is 19.1 Å². The lowest BCUT2D eigenvalue weighted by Crippen LogP contribution is -2.51. The maximum absolute atomic E-state index is 12.6. The van der Waals surface area contributed by atoms with Gasteiger partial charge in [0.15, 0.2) is 0 Å². The maximum Gasteiger partial charge on any atom is 0.328 e. The number of amides is 1. The molecule has 5 heteroatoms. The molecular weight excluding hydrogens is 246 g/mol. The van der Waals surface area contributed by atoms with Crippen LogP contribution in [0.5, 0.6) is 0 Å². The lowest BCUT2D eigenvalue weighted by Gasteiger charge is -2.36. The Bertz CT molecular complexity index is 344. The Labute approximate surface area is 114 Å². The highest BCUT2D eigenvalue weighted by atomic mass is 16.5. The predicted octanol–water partition coefficient (Wildman–Crippen LogP) is 1.36. The fourth-order valence-electron chi connectivity index (χ4n) is 3.12. The van der Waals surface area contributed by atoms with Crippen LogP contribution in [-0.4, -0.2) is 49.2 Å². The Hall–Kier alpha value is -1.10. The second kappa shape index (κ2) is 6.37. The Balaban J connectivity index is 2.09. The standard InChI is InChI=1S/C14H23NO4/c1-3-12-10(7-9-19-12)13(16)15-8-5-4-6-11(15)14(17)18-2/h10-12H,3-9H2,1-2H3. The van der Waals surface area contributed by atoms with E-state index < -0.39 is 6.04 Å². The summed E-state index contributed by atoms with van der Waals surface area (Å²) in [6.45, 7) is 3.33. The lowest BCUT2D eigenvalue weighted by atomic mass is 9.94. The summed E-state index contributed by atoms with van der Waals surface area (Å²) < 4.78 is 10.4. The van der Waals surface area contributed by atoms with Crippen molar-refractivity contribution >= 4 is 11.9 Å². The largest absolute Gasteiger partial charge is 0.467 e. The number of esters is 1. The SMILES string of the molecule is CCC1OCCC1C(=O)N1CCCCC1C(=O)OC. The first-order valence-corrected chi connectivity index (χ1v) is 7.19. The van der Waals surface area contributed by atoms with Crippen LogP contribution >= 0.6 is 0 Å². The van der Waals surface area contributed by atoms with Crippen LogP contribution < -0.4 is 0 Å². The van der Waals surface area contributed by atoms with Crippen LogP contribution in [0, 0.1) is 5.92 Å². The average Bonchev–Trinajstić information content (AvgIpc) is 2.94. The van der Waals surface area contributed by atoms with Gasteiger partial charge < -0.3 is 14.4 Å². The van der Waals surface area contributed by atoms with Gasteiger partial charge in [0.25, 0.3) is 0 Å². The van der Waals surface area contributed by atoms with Crippen molar-refractivity contribution in [3.05, 3.63) is 0 Å². The summed E-state index contributed by atoms with van der Waals surface area (Å²) in [6.07, 6.45) is 4.26. The predicted molar refractivity (Wildman–Crippen MR) is 69.5 cm³/mol. The molecule has 2 aliphatic heterocycles. The van der Waals surface area contributed by atoms with E-state index in [0.717, 1.165) is 25.7 Å². The molecule has 2 rings (SSSR count). The van der Waals surface area contributed by atoms with Crippen LogP contribution in [0.4, 0.5) is 0 Å². The molecule has 2 saturated heterocycles. The van der Waals surface area contributed by atoms with E-state index in [1.165, 1.54) is 7.11 Å². The molecule has 108 valence electrons. The molecule has 2 aliphatic rings. The smallest absolute Gasteiger partial charge is 0.328 e. The highest BCUT2D eigenvalue weighted by Gasteiger charge is 2.40. The molecular formula is C14H23NO4. The minimum Gasteiger partial charge on any atom is -0.467 e. The molecule has 0 spiro atoms. The molecule has 0 saturated carbocycles. The van der Waals surface area contributed by atoms with Gasteiger partial charge in [-0.05, 0) is 32.1 Å². The summed E-state index contributed by atoms with van der Waals surface area (Å²) in [5.41, 5.74) is 0. The van der Waals surface area contributed by atoms with Gasteiger partial charge in [-0.1, -0.05) is 6.92 Å². The van der Waals surface area contributed by atoms with Gasteiger partial charge in [0.2, 0.25) is 5.91 Å². The van der Waals surface area contributed by atoms with E-state index in [1.807, 2.05) is 6.92 Å². The normalized spacial score (nSPS) is 31.3. The number of nitrogens with zero attached hydrogens (tertiary/aromatic N) is 1. The van der Waals surface area contributed by atoms with E-state index in [2.05, 4.69) is 0 Å². The van der Waals surface area contributed by atoms with Gasteiger partial charge in [-0.25, -0.2) is 4.79 Å². The van der Waals surface area contributed by atoms with Gasteiger partial charge in [-0.15, -0.1) is 0 Å². The summed E-state index contributed by atoms with van der Waals surface area (Å²) >= 11 is 0.